The Labute approximate surface area is 178 Å². The molecule has 1 spiro atoms. The van der Waals surface area contributed by atoms with E-state index in [1.165, 1.54) is 12.0 Å². The molecule has 0 bridgehead atoms. The number of nitrogens with zero attached hydrogens (tertiary/aromatic N) is 5. The van der Waals surface area contributed by atoms with Crippen molar-refractivity contribution in [3.8, 4) is 0 Å². The molecule has 7 nitrogen and oxygen atoms in total. The maximum atomic E-state index is 12.8. The van der Waals surface area contributed by atoms with Gasteiger partial charge in [0, 0.05) is 18.6 Å². The summed E-state index contributed by atoms with van der Waals surface area (Å²) >= 11 is 0. The second kappa shape index (κ2) is 7.23. The van der Waals surface area contributed by atoms with Gasteiger partial charge in [-0.25, -0.2) is 14.8 Å². The number of nitrogens with one attached hydrogen (secondary N) is 1. The molecule has 1 aromatic heterocycles. The maximum Gasteiger partial charge on any atom is 0.322 e. The molecule has 2 aliphatic heterocycles. The van der Waals surface area contributed by atoms with Crippen LogP contribution in [-0.2, 0) is 5.54 Å². The van der Waals surface area contributed by atoms with Gasteiger partial charge in [-0.1, -0.05) is 30.3 Å². The van der Waals surface area contributed by atoms with Gasteiger partial charge in [0.1, 0.15) is 0 Å². The predicted octanol–water partition coefficient (Wildman–Crippen LogP) is 2.99. The smallest absolute Gasteiger partial charge is 0.322 e. The first kappa shape index (κ1) is 19.3. The van der Waals surface area contributed by atoms with E-state index in [2.05, 4.69) is 69.5 Å². The van der Waals surface area contributed by atoms with Crippen molar-refractivity contribution >= 4 is 17.7 Å². The number of aromatic nitrogens is 2. The van der Waals surface area contributed by atoms with Gasteiger partial charge >= 0.3 is 6.03 Å². The van der Waals surface area contributed by atoms with Crippen LogP contribution in [0.15, 0.2) is 42.7 Å². The van der Waals surface area contributed by atoms with Crippen LogP contribution >= 0.6 is 0 Å². The van der Waals surface area contributed by atoms with E-state index in [0.717, 1.165) is 50.4 Å². The topological polar surface area (TPSA) is 64.6 Å². The fraction of sp³-hybridized carbons (Fsp3) is 0.522. The molecule has 3 heterocycles. The van der Waals surface area contributed by atoms with Gasteiger partial charge < -0.3 is 10.2 Å². The van der Waals surface area contributed by atoms with Crippen LogP contribution in [0.25, 0.3) is 0 Å². The molecular weight excluding hydrogens is 376 g/mol. The zero-order chi connectivity index (χ0) is 20.8. The van der Waals surface area contributed by atoms with Crippen LogP contribution in [0.1, 0.15) is 37.7 Å². The molecule has 158 valence electrons. The fourth-order valence-electron chi connectivity index (χ4n) is 5.22. The Hall–Kier alpha value is -2.67. The number of rotatable bonds is 4. The van der Waals surface area contributed by atoms with Crippen LogP contribution in [-0.4, -0.2) is 60.2 Å². The first-order chi connectivity index (χ1) is 14.5. The molecule has 1 aliphatic carbocycles. The van der Waals surface area contributed by atoms with E-state index in [1.54, 1.807) is 12.4 Å². The van der Waals surface area contributed by atoms with Crippen molar-refractivity contribution in [1.29, 1.82) is 0 Å². The Morgan fingerprint density at radius 3 is 2.23 bits per heavy atom. The second-order valence-electron chi connectivity index (χ2n) is 9.17. The number of hydrogen-bond donors (Lipinski definition) is 1. The van der Waals surface area contributed by atoms with Crippen LogP contribution in [0, 0.1) is 0 Å². The molecule has 3 aliphatic rings. The molecule has 2 saturated heterocycles. The van der Waals surface area contributed by atoms with E-state index in [0.29, 0.717) is 6.54 Å². The zero-order valence-electron chi connectivity index (χ0n) is 17.8. The molecule has 30 heavy (non-hydrogen) atoms. The Morgan fingerprint density at radius 2 is 1.67 bits per heavy atom. The van der Waals surface area contributed by atoms with Crippen molar-refractivity contribution in [3.05, 3.63) is 48.3 Å². The summed E-state index contributed by atoms with van der Waals surface area (Å²) in [7, 11) is 4.34. The number of amides is 2. The summed E-state index contributed by atoms with van der Waals surface area (Å²) in [6.07, 6.45) is 8.71. The van der Waals surface area contributed by atoms with Crippen molar-refractivity contribution in [3.63, 3.8) is 0 Å². The number of carbonyl (C=O) groups excluding carboxylic acids is 1. The van der Waals surface area contributed by atoms with Gasteiger partial charge in [-0.2, -0.15) is 0 Å². The number of urea groups is 1. The summed E-state index contributed by atoms with van der Waals surface area (Å²) in [6.45, 7) is 2.71. The standard InChI is InChI=1S/C23H30N6O/c1-27(2)23(18-7-4-3-5-8-18)11-9-22(10-12-23)17-29(21(30)26-22)19-15-24-20(25-16-19)28-13-6-14-28/h3-5,7-8,15-16H,6,9-14,17H2,1-2H3,(H,26,30)/t22-,23+. The third kappa shape index (κ3) is 3.12. The monoisotopic (exact) mass is 406 g/mol. The summed E-state index contributed by atoms with van der Waals surface area (Å²) in [5.41, 5.74) is 1.98. The molecule has 2 amide bonds. The lowest BCUT2D eigenvalue weighted by molar-refractivity contribution is 0.0658. The van der Waals surface area contributed by atoms with Crippen molar-refractivity contribution in [1.82, 2.24) is 20.2 Å². The SMILES string of the molecule is CN(C)[C@]1(c2ccccc2)CC[C@]2(CC1)CN(c1cnc(N3CCC3)nc1)C(=O)N2. The van der Waals surface area contributed by atoms with Crippen molar-refractivity contribution in [2.45, 2.75) is 43.2 Å². The summed E-state index contributed by atoms with van der Waals surface area (Å²) < 4.78 is 0. The normalized spacial score (nSPS) is 28.7. The lowest BCUT2D eigenvalue weighted by atomic mass is 9.69. The summed E-state index contributed by atoms with van der Waals surface area (Å²) in [5, 5.41) is 3.31. The molecule has 2 aromatic rings. The Balaban J connectivity index is 1.32. The van der Waals surface area contributed by atoms with Gasteiger partial charge in [0.25, 0.3) is 0 Å². The van der Waals surface area contributed by atoms with Gasteiger partial charge in [-0.15, -0.1) is 0 Å². The lowest BCUT2D eigenvalue weighted by Gasteiger charge is -2.48. The highest BCUT2D eigenvalue weighted by atomic mass is 16.2. The van der Waals surface area contributed by atoms with Crippen molar-refractivity contribution < 1.29 is 4.79 Å². The molecule has 1 saturated carbocycles. The average molecular weight is 407 g/mol. The van der Waals surface area contributed by atoms with Crippen LogP contribution in [0.4, 0.5) is 16.4 Å². The summed E-state index contributed by atoms with van der Waals surface area (Å²) in [5.74, 6) is 0.760. The Morgan fingerprint density at radius 1 is 1.00 bits per heavy atom. The van der Waals surface area contributed by atoms with Gasteiger partial charge in [0.15, 0.2) is 0 Å². The second-order valence-corrected chi connectivity index (χ2v) is 9.17. The maximum absolute atomic E-state index is 12.8. The van der Waals surface area contributed by atoms with E-state index in [9.17, 15) is 4.79 Å². The largest absolute Gasteiger partial charge is 0.341 e. The Kier molecular flexibility index (Phi) is 4.65. The number of benzene rings is 1. The summed E-state index contributed by atoms with van der Waals surface area (Å²) in [6, 6.07) is 10.7. The molecule has 7 heteroatoms. The molecule has 0 atom stereocenters. The first-order valence-electron chi connectivity index (χ1n) is 10.9. The minimum absolute atomic E-state index is 0.0205. The Bertz CT molecular complexity index is 901. The van der Waals surface area contributed by atoms with Gasteiger partial charge in [-0.05, 0) is 51.8 Å². The molecule has 1 aromatic carbocycles. The molecule has 1 N–H and O–H groups in total. The molecule has 0 unspecified atom stereocenters. The fourth-order valence-corrected chi connectivity index (χ4v) is 5.22. The quantitative estimate of drug-likeness (QED) is 0.846. The third-order valence-electron chi connectivity index (χ3n) is 7.35. The minimum atomic E-state index is -0.179. The van der Waals surface area contributed by atoms with Gasteiger partial charge in [0.05, 0.1) is 30.2 Å². The average Bonchev–Trinajstić information content (AvgIpc) is 3.04. The van der Waals surface area contributed by atoms with E-state index in [4.69, 9.17) is 0 Å². The van der Waals surface area contributed by atoms with Crippen molar-refractivity contribution in [2.24, 2.45) is 0 Å². The highest BCUT2D eigenvalue weighted by Crippen LogP contribution is 2.46. The van der Waals surface area contributed by atoms with Crippen LogP contribution in [0.2, 0.25) is 0 Å². The number of anilines is 2. The highest BCUT2D eigenvalue weighted by molar-refractivity contribution is 5.95. The first-order valence-corrected chi connectivity index (χ1v) is 10.9. The van der Waals surface area contributed by atoms with E-state index in [-0.39, 0.29) is 17.1 Å². The highest BCUT2D eigenvalue weighted by Gasteiger charge is 2.50. The van der Waals surface area contributed by atoms with Crippen LogP contribution in [0.3, 0.4) is 0 Å². The molecule has 5 rings (SSSR count). The van der Waals surface area contributed by atoms with Crippen LogP contribution in [0.5, 0.6) is 0 Å². The summed E-state index contributed by atoms with van der Waals surface area (Å²) in [4.78, 5) is 28.1. The van der Waals surface area contributed by atoms with E-state index < -0.39 is 0 Å². The van der Waals surface area contributed by atoms with Gasteiger partial charge in [-0.3, -0.25) is 9.80 Å². The molecule has 3 fully saturated rings. The molecule has 0 radical (unpaired) electrons. The lowest BCUT2D eigenvalue weighted by Crippen LogP contribution is -2.54. The third-order valence-corrected chi connectivity index (χ3v) is 7.35. The van der Waals surface area contributed by atoms with Gasteiger partial charge in [0.2, 0.25) is 5.95 Å². The van der Waals surface area contributed by atoms with Crippen molar-refractivity contribution in [2.75, 3.05) is 43.5 Å². The minimum Gasteiger partial charge on any atom is -0.341 e. The molecular formula is C23H30N6O. The predicted molar refractivity (Wildman–Crippen MR) is 118 cm³/mol. The van der Waals surface area contributed by atoms with E-state index >= 15 is 0 Å². The van der Waals surface area contributed by atoms with Crippen LogP contribution < -0.4 is 15.1 Å². The van der Waals surface area contributed by atoms with E-state index in [1.807, 2.05) is 4.90 Å². The zero-order valence-corrected chi connectivity index (χ0v) is 17.8. The number of carbonyl (C=O) groups is 1. The number of hydrogen-bond acceptors (Lipinski definition) is 5.